The van der Waals surface area contributed by atoms with Crippen molar-refractivity contribution < 1.29 is 13.2 Å². The molecule has 2 rings (SSSR count). The van der Waals surface area contributed by atoms with Crippen LogP contribution in [-0.4, -0.2) is 39.7 Å². The van der Waals surface area contributed by atoms with Crippen LogP contribution in [0.25, 0.3) is 0 Å². The molecule has 0 aliphatic carbocycles. The summed E-state index contributed by atoms with van der Waals surface area (Å²) in [6, 6.07) is 11.5. The van der Waals surface area contributed by atoms with Crippen LogP contribution >= 0.6 is 23.2 Å². The normalized spacial score (nSPS) is 12.3. The van der Waals surface area contributed by atoms with Crippen LogP contribution in [0.2, 0.25) is 10.0 Å². The zero-order valence-corrected chi connectivity index (χ0v) is 20.6. The van der Waals surface area contributed by atoms with Crippen LogP contribution in [-0.2, 0) is 21.4 Å². The lowest BCUT2D eigenvalue weighted by Gasteiger charge is -2.30. The predicted octanol–water partition coefficient (Wildman–Crippen LogP) is 4.70. The summed E-state index contributed by atoms with van der Waals surface area (Å²) in [4.78, 5) is 15.2. The van der Waals surface area contributed by atoms with Gasteiger partial charge in [0, 0.05) is 30.3 Å². The van der Waals surface area contributed by atoms with E-state index in [9.17, 15) is 13.2 Å². The molecule has 1 amide bonds. The molecule has 0 unspecified atom stereocenters. The Morgan fingerprint density at radius 3 is 2.16 bits per heavy atom. The van der Waals surface area contributed by atoms with Gasteiger partial charge in [0.2, 0.25) is 15.9 Å². The minimum Gasteiger partial charge on any atom is -0.372 e. The molecule has 0 aliphatic rings. The molecular weight excluding hydrogens is 457 g/mol. The lowest BCUT2D eigenvalue weighted by Crippen LogP contribution is -2.49. The number of benzene rings is 2. The second kappa shape index (κ2) is 11.1. The monoisotopic (exact) mass is 485 g/mol. The van der Waals surface area contributed by atoms with Crippen LogP contribution in [0.3, 0.4) is 0 Å². The van der Waals surface area contributed by atoms with Gasteiger partial charge in [0.05, 0.1) is 17.0 Å². The highest BCUT2D eigenvalue weighted by atomic mass is 35.5. The minimum absolute atomic E-state index is 0.183. The third-order valence-corrected chi connectivity index (χ3v) is 6.73. The number of anilines is 2. The Hall–Kier alpha value is -1.96. The van der Waals surface area contributed by atoms with Gasteiger partial charge in [0.25, 0.3) is 0 Å². The fourth-order valence-corrected chi connectivity index (χ4v) is 5.05. The molecule has 0 spiro atoms. The second-order valence-electron chi connectivity index (χ2n) is 7.14. The standard InChI is InChI=1S/C22H29Cl2N3O3S/c1-5-20(27(31(4,29)30)21-14-17(23)10-13-19(21)24)22(28)25-15-16-8-11-18(12-9-16)26(6-2)7-3/h8-14,20H,5-7,15H2,1-4H3,(H,25,28)/t20-/m1/s1. The Kier molecular flexibility index (Phi) is 9.03. The maximum Gasteiger partial charge on any atom is 0.244 e. The van der Waals surface area contributed by atoms with Gasteiger partial charge in [-0.1, -0.05) is 42.3 Å². The van der Waals surface area contributed by atoms with Crippen LogP contribution < -0.4 is 14.5 Å². The van der Waals surface area contributed by atoms with Gasteiger partial charge in [-0.2, -0.15) is 0 Å². The predicted molar refractivity (Wildman–Crippen MR) is 130 cm³/mol. The quantitative estimate of drug-likeness (QED) is 0.529. The van der Waals surface area contributed by atoms with Gasteiger partial charge < -0.3 is 10.2 Å². The highest BCUT2D eigenvalue weighted by molar-refractivity contribution is 7.92. The summed E-state index contributed by atoms with van der Waals surface area (Å²) in [7, 11) is -3.79. The summed E-state index contributed by atoms with van der Waals surface area (Å²) >= 11 is 12.3. The molecule has 170 valence electrons. The van der Waals surface area contributed by atoms with Gasteiger partial charge >= 0.3 is 0 Å². The fraction of sp³-hybridized carbons (Fsp3) is 0.409. The Balaban J connectivity index is 2.21. The average molecular weight is 486 g/mol. The molecule has 0 saturated heterocycles. The Labute approximate surface area is 195 Å². The number of carbonyl (C=O) groups is 1. The molecule has 2 aromatic carbocycles. The van der Waals surface area contributed by atoms with Crippen molar-refractivity contribution in [2.24, 2.45) is 0 Å². The zero-order valence-electron chi connectivity index (χ0n) is 18.2. The molecule has 9 heteroatoms. The molecule has 1 N–H and O–H groups in total. The average Bonchev–Trinajstić information content (AvgIpc) is 2.73. The number of carbonyl (C=O) groups excluding carboxylic acids is 1. The fourth-order valence-electron chi connectivity index (χ4n) is 3.41. The number of nitrogens with zero attached hydrogens (tertiary/aromatic N) is 2. The van der Waals surface area contributed by atoms with Crippen molar-refractivity contribution >= 4 is 50.5 Å². The minimum atomic E-state index is -3.79. The zero-order chi connectivity index (χ0) is 23.2. The van der Waals surface area contributed by atoms with Crippen LogP contribution in [0, 0.1) is 0 Å². The van der Waals surface area contributed by atoms with Gasteiger partial charge in [-0.3, -0.25) is 9.10 Å². The second-order valence-corrected chi connectivity index (χ2v) is 9.84. The van der Waals surface area contributed by atoms with E-state index < -0.39 is 22.0 Å². The van der Waals surface area contributed by atoms with Crippen molar-refractivity contribution in [3.63, 3.8) is 0 Å². The largest absolute Gasteiger partial charge is 0.372 e. The number of amides is 1. The van der Waals surface area contributed by atoms with Crippen molar-refractivity contribution in [1.82, 2.24) is 5.32 Å². The third kappa shape index (κ3) is 6.51. The van der Waals surface area contributed by atoms with Crippen LogP contribution in [0.15, 0.2) is 42.5 Å². The maximum atomic E-state index is 13.0. The van der Waals surface area contributed by atoms with E-state index in [0.29, 0.717) is 5.02 Å². The van der Waals surface area contributed by atoms with Crippen molar-refractivity contribution in [3.8, 4) is 0 Å². The Bertz CT molecular complexity index is 994. The smallest absolute Gasteiger partial charge is 0.244 e. The van der Waals surface area contributed by atoms with Crippen molar-refractivity contribution in [2.45, 2.75) is 39.8 Å². The van der Waals surface area contributed by atoms with Gasteiger partial charge in [0.15, 0.2) is 0 Å². The number of halogens is 2. The molecule has 0 fully saturated rings. The molecule has 0 saturated carbocycles. The lowest BCUT2D eigenvalue weighted by atomic mass is 10.1. The van der Waals surface area contributed by atoms with Crippen LogP contribution in [0.5, 0.6) is 0 Å². The molecule has 0 aromatic heterocycles. The van der Waals surface area contributed by atoms with Gasteiger partial charge in [-0.05, 0) is 56.2 Å². The summed E-state index contributed by atoms with van der Waals surface area (Å²) in [5.74, 6) is -0.406. The summed E-state index contributed by atoms with van der Waals surface area (Å²) in [5, 5.41) is 3.38. The van der Waals surface area contributed by atoms with Crippen LogP contribution in [0.1, 0.15) is 32.8 Å². The lowest BCUT2D eigenvalue weighted by molar-refractivity contribution is -0.122. The summed E-state index contributed by atoms with van der Waals surface area (Å²) in [6.45, 7) is 8.06. The van der Waals surface area contributed by atoms with E-state index in [0.717, 1.165) is 34.9 Å². The SMILES string of the molecule is CC[C@H](C(=O)NCc1ccc(N(CC)CC)cc1)N(c1cc(Cl)ccc1Cl)S(C)(=O)=O. The Morgan fingerprint density at radius 1 is 1.03 bits per heavy atom. The number of nitrogens with one attached hydrogen (secondary N) is 1. The number of hydrogen-bond acceptors (Lipinski definition) is 4. The molecule has 0 radical (unpaired) electrons. The Morgan fingerprint density at radius 2 is 1.65 bits per heavy atom. The van der Waals surface area contributed by atoms with Gasteiger partial charge in [0.1, 0.15) is 6.04 Å². The number of rotatable bonds is 10. The molecular formula is C22H29Cl2N3O3S. The van der Waals surface area contributed by atoms with Gasteiger partial charge in [-0.25, -0.2) is 8.42 Å². The first-order valence-corrected chi connectivity index (χ1v) is 12.8. The maximum absolute atomic E-state index is 13.0. The molecule has 2 aromatic rings. The van der Waals surface area contributed by atoms with E-state index in [1.807, 2.05) is 24.3 Å². The van der Waals surface area contributed by atoms with Crippen molar-refractivity contribution in [3.05, 3.63) is 58.1 Å². The summed E-state index contributed by atoms with van der Waals surface area (Å²) in [6.07, 6.45) is 1.31. The van der Waals surface area contributed by atoms with E-state index in [4.69, 9.17) is 23.2 Å². The van der Waals surface area contributed by atoms with E-state index in [1.54, 1.807) is 13.0 Å². The molecule has 0 bridgehead atoms. The van der Waals surface area contributed by atoms with E-state index in [-0.39, 0.29) is 23.7 Å². The first kappa shape index (κ1) is 25.3. The van der Waals surface area contributed by atoms with Crippen molar-refractivity contribution in [2.75, 3.05) is 28.6 Å². The highest BCUT2D eigenvalue weighted by Crippen LogP contribution is 2.33. The molecule has 6 nitrogen and oxygen atoms in total. The van der Waals surface area contributed by atoms with E-state index >= 15 is 0 Å². The summed E-state index contributed by atoms with van der Waals surface area (Å²) in [5.41, 5.74) is 2.22. The first-order valence-electron chi connectivity index (χ1n) is 10.2. The molecule has 0 aliphatic heterocycles. The number of hydrogen-bond donors (Lipinski definition) is 1. The van der Waals surface area contributed by atoms with E-state index in [2.05, 4.69) is 24.1 Å². The molecule has 31 heavy (non-hydrogen) atoms. The van der Waals surface area contributed by atoms with Crippen molar-refractivity contribution in [1.29, 1.82) is 0 Å². The van der Waals surface area contributed by atoms with Crippen LogP contribution in [0.4, 0.5) is 11.4 Å². The highest BCUT2D eigenvalue weighted by Gasteiger charge is 2.32. The third-order valence-electron chi connectivity index (χ3n) is 5.01. The summed E-state index contributed by atoms with van der Waals surface area (Å²) < 4.78 is 26.2. The van der Waals surface area contributed by atoms with Gasteiger partial charge in [-0.15, -0.1) is 0 Å². The molecule has 1 atom stereocenters. The molecule has 0 heterocycles. The first-order chi connectivity index (χ1) is 14.6. The topological polar surface area (TPSA) is 69.7 Å². The van der Waals surface area contributed by atoms with E-state index in [1.165, 1.54) is 12.1 Å². The number of sulfonamides is 1.